The monoisotopic (exact) mass is 340 g/mol. The lowest BCUT2D eigenvalue weighted by Crippen LogP contribution is -2.60. The number of carbonyl (C=O) groups excluding carboxylic acids is 2. The number of carbonyl (C=O) groups is 2. The van der Waals surface area contributed by atoms with E-state index in [4.69, 9.17) is 18.9 Å². The number of hydrogen-bond donors (Lipinski definition) is 1. The van der Waals surface area contributed by atoms with E-state index in [-0.39, 0.29) is 48.3 Å². The topological polar surface area (TPSA) is 91.3 Å². The van der Waals surface area contributed by atoms with E-state index in [1.807, 2.05) is 13.8 Å². The largest absolute Gasteiger partial charge is 0.465 e. The molecule has 7 heteroatoms. The summed E-state index contributed by atoms with van der Waals surface area (Å²) in [5, 5.41) is 10.3. The Bertz CT molecular complexity index is 563. The molecule has 3 saturated heterocycles. The minimum Gasteiger partial charge on any atom is -0.465 e. The van der Waals surface area contributed by atoms with Crippen LogP contribution in [0.1, 0.15) is 33.6 Å². The zero-order valence-electron chi connectivity index (χ0n) is 14.1. The predicted molar refractivity (Wildman–Crippen MR) is 79.2 cm³/mol. The van der Waals surface area contributed by atoms with Crippen molar-refractivity contribution in [3.05, 3.63) is 0 Å². The van der Waals surface area contributed by atoms with Gasteiger partial charge in [-0.05, 0) is 18.8 Å². The minimum absolute atomic E-state index is 0.0396. The van der Waals surface area contributed by atoms with Gasteiger partial charge in [-0.1, -0.05) is 13.8 Å². The van der Waals surface area contributed by atoms with E-state index >= 15 is 0 Å². The van der Waals surface area contributed by atoms with E-state index in [0.717, 1.165) is 6.42 Å². The van der Waals surface area contributed by atoms with Crippen LogP contribution >= 0.6 is 0 Å². The second-order valence-electron chi connectivity index (χ2n) is 7.80. The van der Waals surface area contributed by atoms with Crippen molar-refractivity contribution in [2.45, 2.75) is 58.4 Å². The van der Waals surface area contributed by atoms with Crippen molar-refractivity contribution in [3.8, 4) is 0 Å². The molecule has 0 radical (unpaired) electrons. The highest BCUT2D eigenvalue weighted by molar-refractivity contribution is 5.75. The highest BCUT2D eigenvalue weighted by Gasteiger charge is 2.67. The third-order valence-corrected chi connectivity index (χ3v) is 6.59. The minimum atomic E-state index is -1.05. The Labute approximate surface area is 140 Å². The quantitative estimate of drug-likeness (QED) is 0.745. The van der Waals surface area contributed by atoms with Crippen LogP contribution in [0.3, 0.4) is 0 Å². The number of fused-ring (bicyclic) bond motifs is 5. The molecule has 0 amide bonds. The van der Waals surface area contributed by atoms with Crippen LogP contribution in [-0.4, -0.2) is 48.4 Å². The van der Waals surface area contributed by atoms with E-state index in [9.17, 15) is 14.7 Å². The van der Waals surface area contributed by atoms with Crippen LogP contribution < -0.4 is 0 Å². The van der Waals surface area contributed by atoms with E-state index in [1.165, 1.54) is 6.92 Å². The number of ether oxygens (including phenoxy) is 4. The fourth-order valence-electron chi connectivity index (χ4n) is 5.30. The molecule has 0 aromatic carbocycles. The fourth-order valence-corrected chi connectivity index (χ4v) is 5.30. The standard InChI is InChI=1S/C17H24O7/c1-7-10-4-11-8(2)16-23-13(15(20)24-16)17(11,6-21-9(3)18)5-12(10)22-14(7)19/h7-8,10-13,15-16,20H,4-6H2,1-3H3/t7?,8?,10-,11+,12-,13-,15-,16+,17+/m1/s1. The van der Waals surface area contributed by atoms with E-state index < -0.39 is 24.1 Å². The first-order chi connectivity index (χ1) is 11.3. The summed E-state index contributed by atoms with van der Waals surface area (Å²) in [5.74, 6) is -0.328. The van der Waals surface area contributed by atoms with E-state index in [2.05, 4.69) is 0 Å². The van der Waals surface area contributed by atoms with Crippen molar-refractivity contribution < 1.29 is 33.6 Å². The van der Waals surface area contributed by atoms with Crippen LogP contribution in [0.25, 0.3) is 0 Å². The van der Waals surface area contributed by atoms with Crippen molar-refractivity contribution in [1.29, 1.82) is 0 Å². The Morgan fingerprint density at radius 1 is 1.38 bits per heavy atom. The van der Waals surface area contributed by atoms with Gasteiger partial charge in [-0.15, -0.1) is 0 Å². The molecule has 1 aliphatic carbocycles. The lowest BCUT2D eigenvalue weighted by atomic mass is 9.54. The van der Waals surface area contributed by atoms with Crippen molar-refractivity contribution in [1.82, 2.24) is 0 Å². The molecule has 0 aromatic rings. The van der Waals surface area contributed by atoms with Gasteiger partial charge in [0.15, 0.2) is 12.6 Å². The summed E-state index contributed by atoms with van der Waals surface area (Å²) in [7, 11) is 0. The maximum absolute atomic E-state index is 12.0. The summed E-state index contributed by atoms with van der Waals surface area (Å²) in [5.41, 5.74) is -0.594. The van der Waals surface area contributed by atoms with Gasteiger partial charge >= 0.3 is 11.9 Å². The molecule has 1 saturated carbocycles. The zero-order chi connectivity index (χ0) is 17.2. The van der Waals surface area contributed by atoms with Crippen molar-refractivity contribution >= 4 is 11.9 Å². The van der Waals surface area contributed by atoms with Crippen molar-refractivity contribution in [3.63, 3.8) is 0 Å². The number of aliphatic hydroxyl groups excluding tert-OH is 1. The van der Waals surface area contributed by atoms with Crippen LogP contribution in [-0.2, 0) is 28.5 Å². The van der Waals surface area contributed by atoms with Crippen molar-refractivity contribution in [2.24, 2.45) is 29.1 Å². The first kappa shape index (κ1) is 16.3. The third kappa shape index (κ3) is 2.14. The molecular weight excluding hydrogens is 316 g/mol. The Hall–Kier alpha value is -1.18. The Kier molecular flexibility index (Phi) is 3.67. The smallest absolute Gasteiger partial charge is 0.309 e. The SMILES string of the molecule is CC(=O)OC[C@@]12C[C@H]3OC(=O)C(C)[C@H]3C[C@H]1C(C)[C@@H]1O[C@@H](O)[C@H]2O1. The molecule has 0 spiro atoms. The molecule has 7 nitrogen and oxygen atoms in total. The van der Waals surface area contributed by atoms with Gasteiger partial charge in [0.05, 0.1) is 12.5 Å². The molecule has 4 aliphatic rings. The molecule has 24 heavy (non-hydrogen) atoms. The lowest BCUT2D eigenvalue weighted by Gasteiger charge is -2.54. The molecule has 4 fully saturated rings. The summed E-state index contributed by atoms with van der Waals surface area (Å²) in [4.78, 5) is 23.4. The molecule has 3 aliphatic heterocycles. The predicted octanol–water partition coefficient (Wildman–Crippen LogP) is 0.833. The first-order valence-corrected chi connectivity index (χ1v) is 8.66. The molecule has 134 valence electrons. The molecule has 4 rings (SSSR count). The Balaban J connectivity index is 1.71. The molecule has 3 heterocycles. The fraction of sp³-hybridized carbons (Fsp3) is 0.882. The number of rotatable bonds is 2. The summed E-state index contributed by atoms with van der Waals surface area (Å²) >= 11 is 0. The van der Waals surface area contributed by atoms with Gasteiger partial charge in [0.2, 0.25) is 0 Å². The Morgan fingerprint density at radius 2 is 2.12 bits per heavy atom. The van der Waals surface area contributed by atoms with Gasteiger partial charge in [-0.25, -0.2) is 0 Å². The summed E-state index contributed by atoms with van der Waals surface area (Å²) in [6.45, 7) is 5.46. The van der Waals surface area contributed by atoms with Crippen LogP contribution in [0, 0.1) is 29.1 Å². The van der Waals surface area contributed by atoms with Gasteiger partial charge < -0.3 is 24.1 Å². The number of esters is 2. The maximum atomic E-state index is 12.0. The zero-order valence-corrected chi connectivity index (χ0v) is 14.1. The molecule has 9 atom stereocenters. The maximum Gasteiger partial charge on any atom is 0.309 e. The first-order valence-electron chi connectivity index (χ1n) is 8.66. The average Bonchev–Trinajstić information content (AvgIpc) is 3.02. The molecule has 1 N–H and O–H groups in total. The highest BCUT2D eigenvalue weighted by atomic mass is 16.8. The van der Waals surface area contributed by atoms with Crippen LogP contribution in [0.15, 0.2) is 0 Å². The van der Waals surface area contributed by atoms with Crippen LogP contribution in [0.5, 0.6) is 0 Å². The highest BCUT2D eigenvalue weighted by Crippen LogP contribution is 2.60. The molecule has 0 aromatic heterocycles. The summed E-state index contributed by atoms with van der Waals surface area (Å²) in [6, 6.07) is 0. The average molecular weight is 340 g/mol. The van der Waals surface area contributed by atoms with Gasteiger partial charge in [0.1, 0.15) is 12.2 Å². The van der Waals surface area contributed by atoms with Crippen LogP contribution in [0.2, 0.25) is 0 Å². The lowest BCUT2D eigenvalue weighted by molar-refractivity contribution is -0.230. The molecule has 2 bridgehead atoms. The molecule has 2 unspecified atom stereocenters. The van der Waals surface area contributed by atoms with Crippen LogP contribution in [0.4, 0.5) is 0 Å². The van der Waals surface area contributed by atoms with Crippen molar-refractivity contribution in [2.75, 3.05) is 6.61 Å². The summed E-state index contributed by atoms with van der Waals surface area (Å²) in [6.07, 6.45) is -0.993. The second-order valence-corrected chi connectivity index (χ2v) is 7.80. The van der Waals surface area contributed by atoms with Gasteiger partial charge in [-0.3, -0.25) is 9.59 Å². The summed E-state index contributed by atoms with van der Waals surface area (Å²) < 4.78 is 22.4. The van der Waals surface area contributed by atoms with Gasteiger partial charge in [0, 0.05) is 24.2 Å². The van der Waals surface area contributed by atoms with E-state index in [0.29, 0.717) is 6.42 Å². The van der Waals surface area contributed by atoms with Gasteiger partial charge in [-0.2, -0.15) is 0 Å². The number of aliphatic hydroxyl groups is 1. The second kappa shape index (κ2) is 5.41. The number of hydrogen-bond acceptors (Lipinski definition) is 7. The Morgan fingerprint density at radius 3 is 2.83 bits per heavy atom. The normalized spacial score (nSPS) is 52.4. The van der Waals surface area contributed by atoms with Gasteiger partial charge in [0.25, 0.3) is 0 Å². The third-order valence-electron chi connectivity index (χ3n) is 6.59. The molecular formula is C17H24O7. The van der Waals surface area contributed by atoms with E-state index in [1.54, 1.807) is 0 Å².